The number of carbonyl (C=O) groups excluding carboxylic acids is 1. The number of morpholine rings is 1. The molecule has 1 aliphatic heterocycles. The molecular weight excluding hydrogens is 336 g/mol. The van der Waals surface area contributed by atoms with Gasteiger partial charge in [-0.15, -0.1) is 0 Å². The van der Waals surface area contributed by atoms with Crippen molar-refractivity contribution in [3.8, 4) is 0 Å². The summed E-state index contributed by atoms with van der Waals surface area (Å²) >= 11 is 0. The molecule has 3 rings (SSSR count). The van der Waals surface area contributed by atoms with E-state index in [-0.39, 0.29) is 18.1 Å². The second-order valence-electron chi connectivity index (χ2n) is 7.63. The third kappa shape index (κ3) is 4.96. The van der Waals surface area contributed by atoms with Gasteiger partial charge in [0.1, 0.15) is 0 Å². The second-order valence-corrected chi connectivity index (χ2v) is 7.63. The largest absolute Gasteiger partial charge is 0.372 e. The van der Waals surface area contributed by atoms with Crippen molar-refractivity contribution in [2.45, 2.75) is 53.0 Å². The predicted octanol–water partition coefficient (Wildman–Crippen LogP) is 3.84. The number of ether oxygens (including phenoxy) is 1. The summed E-state index contributed by atoms with van der Waals surface area (Å²) in [5, 5.41) is 3.50. The second kappa shape index (κ2) is 8.68. The van der Waals surface area contributed by atoms with Gasteiger partial charge in [0, 0.05) is 31.7 Å². The Morgan fingerprint density at radius 2 is 1.70 bits per heavy atom. The van der Waals surface area contributed by atoms with E-state index < -0.39 is 0 Å². The summed E-state index contributed by atoms with van der Waals surface area (Å²) in [7, 11) is 0. The van der Waals surface area contributed by atoms with Crippen LogP contribution in [0, 0.1) is 13.8 Å². The molecule has 2 aromatic carbocycles. The quantitative estimate of drug-likeness (QED) is 0.874. The van der Waals surface area contributed by atoms with E-state index in [2.05, 4.69) is 37.4 Å². The van der Waals surface area contributed by atoms with Gasteiger partial charge in [-0.1, -0.05) is 30.3 Å². The molecule has 1 aliphatic rings. The van der Waals surface area contributed by atoms with Gasteiger partial charge in [-0.2, -0.15) is 0 Å². The van der Waals surface area contributed by atoms with E-state index in [1.165, 1.54) is 22.3 Å². The monoisotopic (exact) mass is 366 g/mol. The van der Waals surface area contributed by atoms with E-state index in [0.29, 0.717) is 13.1 Å². The van der Waals surface area contributed by atoms with Crippen molar-refractivity contribution in [2.75, 3.05) is 13.1 Å². The smallest absolute Gasteiger partial charge is 0.254 e. The van der Waals surface area contributed by atoms with Crippen LogP contribution >= 0.6 is 0 Å². The molecule has 1 fully saturated rings. The van der Waals surface area contributed by atoms with E-state index in [9.17, 15) is 4.79 Å². The summed E-state index contributed by atoms with van der Waals surface area (Å²) in [6, 6.07) is 14.4. The lowest BCUT2D eigenvalue weighted by Crippen LogP contribution is -2.48. The first-order valence-electron chi connectivity index (χ1n) is 9.73. The molecule has 1 amide bonds. The first kappa shape index (κ1) is 19.6. The molecular formula is C23H30N2O2. The maximum absolute atomic E-state index is 12.7. The number of nitrogens with one attached hydrogen (secondary N) is 1. The number of amides is 1. The van der Waals surface area contributed by atoms with Gasteiger partial charge in [0.2, 0.25) is 0 Å². The van der Waals surface area contributed by atoms with Crippen molar-refractivity contribution in [2.24, 2.45) is 0 Å². The van der Waals surface area contributed by atoms with Crippen LogP contribution < -0.4 is 5.32 Å². The van der Waals surface area contributed by atoms with Gasteiger partial charge in [0.25, 0.3) is 5.91 Å². The molecule has 1 heterocycles. The first-order valence-corrected chi connectivity index (χ1v) is 9.73. The fourth-order valence-corrected chi connectivity index (χ4v) is 3.64. The van der Waals surface area contributed by atoms with Crippen molar-refractivity contribution in [3.63, 3.8) is 0 Å². The maximum atomic E-state index is 12.7. The highest BCUT2D eigenvalue weighted by molar-refractivity contribution is 5.94. The summed E-state index contributed by atoms with van der Waals surface area (Å²) in [6.07, 6.45) is 0.178. The Labute approximate surface area is 162 Å². The van der Waals surface area contributed by atoms with Crippen LogP contribution in [-0.4, -0.2) is 36.1 Å². The Kier molecular flexibility index (Phi) is 6.30. The molecule has 0 radical (unpaired) electrons. The zero-order chi connectivity index (χ0) is 19.4. The zero-order valence-electron chi connectivity index (χ0n) is 16.8. The topological polar surface area (TPSA) is 41.6 Å². The molecule has 2 unspecified atom stereocenters. The van der Waals surface area contributed by atoms with Crippen LogP contribution in [0.2, 0.25) is 0 Å². The van der Waals surface area contributed by atoms with E-state index in [1.807, 2.05) is 43.0 Å². The molecule has 0 aromatic heterocycles. The number of rotatable bonds is 5. The maximum Gasteiger partial charge on any atom is 0.254 e. The molecule has 1 N–H and O–H groups in total. The van der Waals surface area contributed by atoms with Crippen molar-refractivity contribution in [1.29, 1.82) is 0 Å². The third-order valence-electron chi connectivity index (χ3n) is 5.27. The predicted molar refractivity (Wildman–Crippen MR) is 109 cm³/mol. The molecule has 0 saturated carbocycles. The van der Waals surface area contributed by atoms with Gasteiger partial charge in [-0.3, -0.25) is 4.79 Å². The van der Waals surface area contributed by atoms with Crippen LogP contribution in [0.4, 0.5) is 0 Å². The first-order chi connectivity index (χ1) is 12.9. The van der Waals surface area contributed by atoms with Crippen molar-refractivity contribution >= 4 is 5.91 Å². The standard InChI is InChI=1S/C23H30N2O2/c1-16-6-5-7-22(19(16)4)13-24-12-20-8-10-21(11-9-20)23(26)25-14-17(2)27-18(3)15-25/h5-11,17-18,24H,12-15H2,1-4H3. The number of nitrogens with zero attached hydrogens (tertiary/aromatic N) is 1. The average molecular weight is 367 g/mol. The SMILES string of the molecule is Cc1cccc(CNCc2ccc(C(=O)N3CC(C)OC(C)C3)cc2)c1C. The minimum atomic E-state index is 0.0891. The summed E-state index contributed by atoms with van der Waals surface area (Å²) < 4.78 is 5.72. The number of benzene rings is 2. The Bertz CT molecular complexity index is 775. The fourth-order valence-electron chi connectivity index (χ4n) is 3.64. The van der Waals surface area contributed by atoms with Gasteiger partial charge >= 0.3 is 0 Å². The lowest BCUT2D eigenvalue weighted by molar-refractivity contribution is -0.0586. The lowest BCUT2D eigenvalue weighted by atomic mass is 10.0. The van der Waals surface area contributed by atoms with E-state index >= 15 is 0 Å². The van der Waals surface area contributed by atoms with Crippen LogP contribution in [0.5, 0.6) is 0 Å². The minimum Gasteiger partial charge on any atom is -0.372 e. The molecule has 4 nitrogen and oxygen atoms in total. The van der Waals surface area contributed by atoms with Crippen LogP contribution in [0.25, 0.3) is 0 Å². The molecule has 4 heteroatoms. The lowest BCUT2D eigenvalue weighted by Gasteiger charge is -2.35. The van der Waals surface area contributed by atoms with E-state index in [4.69, 9.17) is 4.74 Å². The van der Waals surface area contributed by atoms with E-state index in [1.54, 1.807) is 0 Å². The Morgan fingerprint density at radius 3 is 2.37 bits per heavy atom. The normalized spacial score (nSPS) is 19.9. The van der Waals surface area contributed by atoms with Crippen LogP contribution in [-0.2, 0) is 17.8 Å². The van der Waals surface area contributed by atoms with Gasteiger partial charge in [0.15, 0.2) is 0 Å². The molecule has 2 aromatic rings. The summed E-state index contributed by atoms with van der Waals surface area (Å²) in [5.74, 6) is 0.0897. The molecule has 144 valence electrons. The third-order valence-corrected chi connectivity index (χ3v) is 5.27. The molecule has 27 heavy (non-hydrogen) atoms. The summed E-state index contributed by atoms with van der Waals surface area (Å²) in [4.78, 5) is 14.6. The number of hydrogen-bond donors (Lipinski definition) is 1. The minimum absolute atomic E-state index is 0.0891. The van der Waals surface area contributed by atoms with Gasteiger partial charge < -0.3 is 15.0 Å². The Morgan fingerprint density at radius 1 is 1.04 bits per heavy atom. The highest BCUT2D eigenvalue weighted by Gasteiger charge is 2.26. The summed E-state index contributed by atoms with van der Waals surface area (Å²) in [5.41, 5.74) is 5.93. The van der Waals surface area contributed by atoms with Crippen molar-refractivity contribution < 1.29 is 9.53 Å². The summed E-state index contributed by atoms with van der Waals surface area (Å²) in [6.45, 7) is 11.3. The molecule has 0 bridgehead atoms. The molecule has 0 spiro atoms. The highest BCUT2D eigenvalue weighted by Crippen LogP contribution is 2.16. The molecule has 0 aliphatic carbocycles. The van der Waals surface area contributed by atoms with Crippen LogP contribution in [0.15, 0.2) is 42.5 Å². The number of aryl methyl sites for hydroxylation is 1. The fraction of sp³-hybridized carbons (Fsp3) is 0.435. The van der Waals surface area contributed by atoms with Crippen molar-refractivity contribution in [3.05, 3.63) is 70.3 Å². The number of carbonyl (C=O) groups is 1. The van der Waals surface area contributed by atoms with E-state index in [0.717, 1.165) is 18.7 Å². The van der Waals surface area contributed by atoms with Crippen LogP contribution in [0.3, 0.4) is 0 Å². The van der Waals surface area contributed by atoms with Crippen molar-refractivity contribution in [1.82, 2.24) is 10.2 Å². The van der Waals surface area contributed by atoms with Crippen LogP contribution in [0.1, 0.15) is 46.5 Å². The van der Waals surface area contributed by atoms with Gasteiger partial charge in [-0.05, 0) is 62.1 Å². The Balaban J connectivity index is 1.55. The highest BCUT2D eigenvalue weighted by atomic mass is 16.5. The molecule has 2 atom stereocenters. The van der Waals surface area contributed by atoms with Gasteiger partial charge in [0.05, 0.1) is 12.2 Å². The zero-order valence-corrected chi connectivity index (χ0v) is 16.8. The number of hydrogen-bond acceptors (Lipinski definition) is 3. The van der Waals surface area contributed by atoms with Gasteiger partial charge in [-0.25, -0.2) is 0 Å². The molecule has 1 saturated heterocycles. The average Bonchev–Trinajstić information content (AvgIpc) is 2.64. The Hall–Kier alpha value is -2.17.